The predicted octanol–water partition coefficient (Wildman–Crippen LogP) is 6.27. The third kappa shape index (κ3) is 4.46. The van der Waals surface area contributed by atoms with Gasteiger partial charge >= 0.3 is 0 Å². The summed E-state index contributed by atoms with van der Waals surface area (Å²) in [6, 6.07) is 18.4. The fraction of sp³-hybridized carbons (Fsp3) is 0.269. The lowest BCUT2D eigenvalue weighted by molar-refractivity contribution is 0.367. The van der Waals surface area contributed by atoms with Crippen LogP contribution in [0, 0.1) is 5.82 Å². The molecule has 5 rings (SSSR count). The average molecular weight is 447 g/mol. The Morgan fingerprint density at radius 1 is 1.03 bits per heavy atom. The molecule has 0 saturated carbocycles. The number of piperidine rings is 1. The van der Waals surface area contributed by atoms with E-state index in [2.05, 4.69) is 51.6 Å². The number of hydrogen-bond acceptors (Lipinski definition) is 4. The summed E-state index contributed by atoms with van der Waals surface area (Å²) in [7, 11) is 0. The molecule has 0 atom stereocenters. The first-order chi connectivity index (χ1) is 15.7. The van der Waals surface area contributed by atoms with Gasteiger partial charge in [0.1, 0.15) is 5.82 Å². The van der Waals surface area contributed by atoms with Gasteiger partial charge in [-0.1, -0.05) is 36.4 Å². The average Bonchev–Trinajstić information content (AvgIpc) is 3.37. The van der Waals surface area contributed by atoms with Crippen LogP contribution < -0.4 is 4.90 Å². The lowest BCUT2D eigenvalue weighted by Gasteiger charge is -2.34. The quantitative estimate of drug-likeness (QED) is 0.431. The second-order valence-corrected chi connectivity index (χ2v) is 9.38. The molecule has 2 aromatic carbocycles. The molecule has 0 unspecified atom stereocenters. The summed E-state index contributed by atoms with van der Waals surface area (Å²) in [6.45, 7) is 4.43. The van der Waals surface area contributed by atoms with Crippen LogP contribution in [0.2, 0.25) is 0 Å². The van der Waals surface area contributed by atoms with Gasteiger partial charge in [0.25, 0.3) is 0 Å². The highest BCUT2D eigenvalue weighted by Gasteiger charge is 2.22. The molecular formula is C26H27FN4S. The van der Waals surface area contributed by atoms with Crippen molar-refractivity contribution in [3.8, 4) is 0 Å². The van der Waals surface area contributed by atoms with Gasteiger partial charge in [-0.15, -0.1) is 0 Å². The van der Waals surface area contributed by atoms with E-state index in [0.717, 1.165) is 42.9 Å². The second-order valence-electron chi connectivity index (χ2n) is 8.31. The van der Waals surface area contributed by atoms with Gasteiger partial charge in [-0.2, -0.15) is 5.10 Å². The third-order valence-electron chi connectivity index (χ3n) is 6.22. The Morgan fingerprint density at radius 3 is 2.56 bits per heavy atom. The van der Waals surface area contributed by atoms with Crippen molar-refractivity contribution in [2.24, 2.45) is 0 Å². The molecule has 3 heterocycles. The number of nitrogens with zero attached hydrogens (tertiary/aromatic N) is 4. The van der Waals surface area contributed by atoms with Crippen molar-refractivity contribution < 1.29 is 4.39 Å². The first kappa shape index (κ1) is 20.9. The van der Waals surface area contributed by atoms with Crippen LogP contribution in [0.5, 0.6) is 0 Å². The first-order valence-corrected chi connectivity index (χ1v) is 11.9. The zero-order valence-corrected chi connectivity index (χ0v) is 19.0. The molecule has 32 heavy (non-hydrogen) atoms. The predicted molar refractivity (Wildman–Crippen MR) is 130 cm³/mol. The molecule has 0 amide bonds. The van der Waals surface area contributed by atoms with Crippen molar-refractivity contribution >= 4 is 22.5 Å². The fourth-order valence-electron chi connectivity index (χ4n) is 4.31. The van der Waals surface area contributed by atoms with Crippen molar-refractivity contribution in [2.75, 3.05) is 18.0 Å². The van der Waals surface area contributed by atoms with E-state index in [0.29, 0.717) is 12.6 Å². The topological polar surface area (TPSA) is 24.3 Å². The maximum atomic E-state index is 15.1. The first-order valence-electron chi connectivity index (χ1n) is 11.1. The van der Waals surface area contributed by atoms with E-state index in [1.165, 1.54) is 10.5 Å². The van der Waals surface area contributed by atoms with E-state index in [4.69, 9.17) is 0 Å². The monoisotopic (exact) mass is 446 g/mol. The fourth-order valence-corrected chi connectivity index (χ4v) is 5.33. The van der Waals surface area contributed by atoms with Crippen LogP contribution in [0.25, 0.3) is 4.91 Å². The molecule has 0 aliphatic carbocycles. The van der Waals surface area contributed by atoms with Crippen LogP contribution >= 0.6 is 11.9 Å². The Labute approximate surface area is 193 Å². The zero-order valence-electron chi connectivity index (χ0n) is 18.2. The standard InChI is InChI=1S/C26H27FN4S/c1-20-8-11-26(21-6-3-2-4-7-21)32-31(20)19-22-9-10-24(18-25(22)27)29-16-12-23(13-17-29)30-15-5-14-28-30/h2-11,14-15,18,23H,12-13,16-17,19H2,1H3. The SMILES string of the molecule is CC1=CC=C(c2ccccc2)SN1Cc1ccc(N2CCC(n3cccn3)CC2)cc1F. The molecule has 4 nitrogen and oxygen atoms in total. The van der Waals surface area contributed by atoms with Gasteiger partial charge < -0.3 is 9.21 Å². The molecule has 2 aliphatic heterocycles. The summed E-state index contributed by atoms with van der Waals surface area (Å²) in [5.41, 5.74) is 3.99. The van der Waals surface area contributed by atoms with E-state index in [9.17, 15) is 0 Å². The summed E-state index contributed by atoms with van der Waals surface area (Å²) >= 11 is 1.67. The van der Waals surface area contributed by atoms with E-state index in [-0.39, 0.29) is 5.82 Å². The van der Waals surface area contributed by atoms with Crippen LogP contribution in [-0.4, -0.2) is 27.2 Å². The van der Waals surface area contributed by atoms with E-state index < -0.39 is 0 Å². The van der Waals surface area contributed by atoms with Gasteiger partial charge in [-0.3, -0.25) is 4.68 Å². The van der Waals surface area contributed by atoms with Gasteiger partial charge in [-0.05, 0) is 67.6 Å². The minimum atomic E-state index is -0.138. The summed E-state index contributed by atoms with van der Waals surface area (Å²) in [5, 5.41) is 4.37. The van der Waals surface area contributed by atoms with Crippen LogP contribution in [0.1, 0.15) is 36.9 Å². The Kier molecular flexibility index (Phi) is 6.04. The van der Waals surface area contributed by atoms with Gasteiger partial charge in [0.15, 0.2) is 0 Å². The molecule has 0 bridgehead atoms. The minimum Gasteiger partial charge on any atom is -0.371 e. The molecule has 0 N–H and O–H groups in total. The van der Waals surface area contributed by atoms with Crippen molar-refractivity contribution in [1.29, 1.82) is 0 Å². The highest BCUT2D eigenvalue weighted by molar-refractivity contribution is 8.06. The van der Waals surface area contributed by atoms with Gasteiger partial charge in [0, 0.05) is 47.3 Å². The Morgan fingerprint density at radius 2 is 1.84 bits per heavy atom. The minimum absolute atomic E-state index is 0.138. The molecule has 1 saturated heterocycles. The van der Waals surface area contributed by atoms with Gasteiger partial charge in [-0.25, -0.2) is 4.39 Å². The van der Waals surface area contributed by atoms with E-state index >= 15 is 4.39 Å². The molecule has 0 spiro atoms. The lowest BCUT2D eigenvalue weighted by atomic mass is 10.0. The maximum Gasteiger partial charge on any atom is 0.130 e. The Hall–Kier alpha value is -2.99. The van der Waals surface area contributed by atoms with Crippen LogP contribution in [-0.2, 0) is 6.54 Å². The maximum absolute atomic E-state index is 15.1. The molecule has 6 heteroatoms. The number of hydrogen-bond donors (Lipinski definition) is 0. The summed E-state index contributed by atoms with van der Waals surface area (Å²) in [5.74, 6) is -0.138. The molecule has 1 fully saturated rings. The van der Waals surface area contributed by atoms with E-state index in [1.807, 2.05) is 47.4 Å². The molecule has 3 aromatic rings. The van der Waals surface area contributed by atoms with Crippen LogP contribution in [0.3, 0.4) is 0 Å². The molecule has 2 aliphatic rings. The summed E-state index contributed by atoms with van der Waals surface area (Å²) in [4.78, 5) is 3.46. The van der Waals surface area contributed by atoms with Crippen molar-refractivity contribution in [2.45, 2.75) is 32.4 Å². The van der Waals surface area contributed by atoms with Gasteiger partial charge in [0.05, 0.1) is 12.6 Å². The molecule has 164 valence electrons. The van der Waals surface area contributed by atoms with Crippen LogP contribution in [0.4, 0.5) is 10.1 Å². The zero-order chi connectivity index (χ0) is 21.9. The number of rotatable bonds is 5. The van der Waals surface area contributed by atoms with Crippen molar-refractivity contribution in [1.82, 2.24) is 14.1 Å². The number of allylic oxidation sites excluding steroid dienone is 3. The van der Waals surface area contributed by atoms with Crippen molar-refractivity contribution in [3.05, 3.63) is 102 Å². The Balaban J connectivity index is 1.24. The Bertz CT molecular complexity index is 1120. The number of anilines is 1. The normalized spacial score (nSPS) is 17.3. The second kappa shape index (κ2) is 9.25. The van der Waals surface area contributed by atoms with Crippen molar-refractivity contribution in [3.63, 3.8) is 0 Å². The molecular weight excluding hydrogens is 419 g/mol. The molecule has 0 radical (unpaired) electrons. The van der Waals surface area contributed by atoms with Crippen LogP contribution in [0.15, 0.2) is 84.8 Å². The summed E-state index contributed by atoms with van der Waals surface area (Å²) < 4.78 is 19.3. The number of aromatic nitrogens is 2. The smallest absolute Gasteiger partial charge is 0.130 e. The lowest BCUT2D eigenvalue weighted by Crippen LogP contribution is -2.34. The van der Waals surface area contributed by atoms with E-state index in [1.54, 1.807) is 18.0 Å². The largest absolute Gasteiger partial charge is 0.371 e. The number of halogens is 1. The summed E-state index contributed by atoms with van der Waals surface area (Å²) in [6.07, 6.45) is 10.1. The third-order valence-corrected chi connectivity index (χ3v) is 7.42. The highest BCUT2D eigenvalue weighted by atomic mass is 32.2. The van der Waals surface area contributed by atoms with Gasteiger partial charge in [0.2, 0.25) is 0 Å². The number of benzene rings is 2. The molecule has 1 aromatic heterocycles. The highest BCUT2D eigenvalue weighted by Crippen LogP contribution is 2.38.